The van der Waals surface area contributed by atoms with E-state index in [1.807, 2.05) is 0 Å². The molecular weight excluding hydrogens is 274 g/mol. The van der Waals surface area contributed by atoms with Crippen molar-refractivity contribution in [1.29, 1.82) is 0 Å². The third-order valence-corrected chi connectivity index (χ3v) is 3.06. The highest BCUT2D eigenvalue weighted by Gasteiger charge is 2.17. The van der Waals surface area contributed by atoms with E-state index in [4.69, 9.17) is 15.7 Å². The molecule has 1 rings (SSSR count). The van der Waals surface area contributed by atoms with Crippen LogP contribution in [0.4, 0.5) is 5.69 Å². The summed E-state index contributed by atoms with van der Waals surface area (Å²) in [6.07, 6.45) is 5.41. The van der Waals surface area contributed by atoms with Crippen LogP contribution >= 0.6 is 0 Å². The number of nitro groups is 1. The molecule has 1 aromatic rings. The van der Waals surface area contributed by atoms with Gasteiger partial charge in [0.2, 0.25) is 0 Å². The molecule has 0 amide bonds. The molecule has 7 heteroatoms. The monoisotopic (exact) mass is 295 g/mol. The second-order valence-corrected chi connectivity index (χ2v) is 4.69. The zero-order chi connectivity index (χ0) is 15.7. The van der Waals surface area contributed by atoms with E-state index < -0.39 is 4.92 Å². The van der Waals surface area contributed by atoms with Crippen LogP contribution in [0.2, 0.25) is 0 Å². The zero-order valence-corrected chi connectivity index (χ0v) is 12.1. The van der Waals surface area contributed by atoms with Gasteiger partial charge in [-0.05, 0) is 18.6 Å². The third-order valence-electron chi connectivity index (χ3n) is 3.06. The van der Waals surface area contributed by atoms with Gasteiger partial charge in [0, 0.05) is 11.6 Å². The van der Waals surface area contributed by atoms with Gasteiger partial charge in [-0.3, -0.25) is 10.1 Å². The number of hydrogen-bond acceptors (Lipinski definition) is 5. The predicted molar refractivity (Wildman–Crippen MR) is 79.9 cm³/mol. The van der Waals surface area contributed by atoms with E-state index in [0.29, 0.717) is 6.61 Å². The SMILES string of the molecule is CCCCCCCOc1ccc(C(N)=NO)cc1[N+](=O)[O-]. The van der Waals surface area contributed by atoms with Crippen LogP contribution in [0.15, 0.2) is 23.4 Å². The number of amidine groups is 1. The molecule has 0 aromatic heterocycles. The van der Waals surface area contributed by atoms with Crippen molar-refractivity contribution in [2.24, 2.45) is 10.9 Å². The fourth-order valence-electron chi connectivity index (χ4n) is 1.89. The first-order valence-electron chi connectivity index (χ1n) is 6.99. The van der Waals surface area contributed by atoms with E-state index in [9.17, 15) is 10.1 Å². The van der Waals surface area contributed by atoms with Gasteiger partial charge in [0.15, 0.2) is 11.6 Å². The molecule has 0 heterocycles. The minimum absolute atomic E-state index is 0.177. The Morgan fingerprint density at radius 1 is 1.38 bits per heavy atom. The smallest absolute Gasteiger partial charge is 0.311 e. The molecule has 0 bridgehead atoms. The Morgan fingerprint density at radius 2 is 2.10 bits per heavy atom. The van der Waals surface area contributed by atoms with Crippen LogP contribution in [0, 0.1) is 10.1 Å². The first kappa shape index (κ1) is 16.7. The maximum atomic E-state index is 11.0. The molecule has 116 valence electrons. The van der Waals surface area contributed by atoms with Gasteiger partial charge in [0.1, 0.15) is 0 Å². The number of oxime groups is 1. The number of hydrogen-bond donors (Lipinski definition) is 2. The summed E-state index contributed by atoms with van der Waals surface area (Å²) < 4.78 is 5.46. The van der Waals surface area contributed by atoms with Crippen molar-refractivity contribution in [3.8, 4) is 5.75 Å². The second-order valence-electron chi connectivity index (χ2n) is 4.69. The highest BCUT2D eigenvalue weighted by Crippen LogP contribution is 2.28. The number of unbranched alkanes of at least 4 members (excludes halogenated alkanes) is 4. The van der Waals surface area contributed by atoms with Crippen molar-refractivity contribution in [3.63, 3.8) is 0 Å². The molecular formula is C14H21N3O4. The molecule has 0 atom stereocenters. The average molecular weight is 295 g/mol. The second kappa shape index (κ2) is 8.78. The molecule has 0 aliphatic heterocycles. The van der Waals surface area contributed by atoms with E-state index >= 15 is 0 Å². The number of benzene rings is 1. The quantitative estimate of drug-likeness (QED) is 0.182. The first-order valence-corrected chi connectivity index (χ1v) is 6.99. The predicted octanol–water partition coefficient (Wildman–Crippen LogP) is 3.04. The lowest BCUT2D eigenvalue weighted by atomic mass is 10.1. The Kier molecular flexibility index (Phi) is 7.00. The molecule has 7 nitrogen and oxygen atoms in total. The minimum Gasteiger partial charge on any atom is -0.487 e. The highest BCUT2D eigenvalue weighted by atomic mass is 16.6. The number of nitrogens with two attached hydrogens (primary N) is 1. The molecule has 0 radical (unpaired) electrons. The molecule has 1 aromatic carbocycles. The van der Waals surface area contributed by atoms with Crippen LogP contribution in [-0.4, -0.2) is 22.6 Å². The van der Waals surface area contributed by atoms with Crippen molar-refractivity contribution in [2.45, 2.75) is 39.0 Å². The van der Waals surface area contributed by atoms with Crippen molar-refractivity contribution in [2.75, 3.05) is 6.61 Å². The van der Waals surface area contributed by atoms with Gasteiger partial charge in [-0.25, -0.2) is 0 Å². The van der Waals surface area contributed by atoms with Crippen LogP contribution in [0.1, 0.15) is 44.6 Å². The van der Waals surface area contributed by atoms with Gasteiger partial charge in [-0.15, -0.1) is 0 Å². The van der Waals surface area contributed by atoms with Crippen molar-refractivity contribution in [1.82, 2.24) is 0 Å². The maximum Gasteiger partial charge on any atom is 0.311 e. The van der Waals surface area contributed by atoms with Gasteiger partial charge in [0.05, 0.1) is 11.5 Å². The van der Waals surface area contributed by atoms with E-state index in [-0.39, 0.29) is 22.8 Å². The Morgan fingerprint density at radius 3 is 2.71 bits per heavy atom. The molecule has 0 spiro atoms. The van der Waals surface area contributed by atoms with Crippen LogP contribution in [0.5, 0.6) is 5.75 Å². The van der Waals surface area contributed by atoms with E-state index in [2.05, 4.69) is 12.1 Å². The average Bonchev–Trinajstić information content (AvgIpc) is 2.49. The molecule has 0 fully saturated rings. The maximum absolute atomic E-state index is 11.0. The molecule has 0 saturated carbocycles. The summed E-state index contributed by atoms with van der Waals surface area (Å²) in [5.74, 6) is 0.0224. The molecule has 21 heavy (non-hydrogen) atoms. The lowest BCUT2D eigenvalue weighted by Gasteiger charge is -2.08. The fraction of sp³-hybridized carbons (Fsp3) is 0.500. The zero-order valence-electron chi connectivity index (χ0n) is 12.1. The summed E-state index contributed by atoms with van der Waals surface area (Å²) in [6.45, 7) is 2.58. The minimum atomic E-state index is -0.541. The Bertz CT molecular complexity index is 503. The fourth-order valence-corrected chi connectivity index (χ4v) is 1.89. The number of ether oxygens (including phenoxy) is 1. The van der Waals surface area contributed by atoms with Gasteiger partial charge in [-0.1, -0.05) is 37.8 Å². The highest BCUT2D eigenvalue weighted by molar-refractivity contribution is 5.97. The largest absolute Gasteiger partial charge is 0.487 e. The van der Waals surface area contributed by atoms with E-state index in [0.717, 1.165) is 19.3 Å². The van der Waals surface area contributed by atoms with E-state index in [1.165, 1.54) is 31.0 Å². The standard InChI is InChI=1S/C14H21N3O4/c1-2-3-4-5-6-9-21-13-8-7-11(14(15)16-18)10-12(13)17(19)20/h7-8,10,18H,2-6,9H2,1H3,(H2,15,16). The van der Waals surface area contributed by atoms with Crippen LogP contribution in [-0.2, 0) is 0 Å². The summed E-state index contributed by atoms with van der Waals surface area (Å²) in [7, 11) is 0. The number of rotatable bonds is 9. The summed E-state index contributed by atoms with van der Waals surface area (Å²) in [4.78, 5) is 10.5. The summed E-state index contributed by atoms with van der Waals surface area (Å²) in [6, 6.07) is 4.23. The van der Waals surface area contributed by atoms with Gasteiger partial charge < -0.3 is 15.7 Å². The summed E-state index contributed by atoms with van der Waals surface area (Å²) >= 11 is 0. The Balaban J connectivity index is 2.67. The van der Waals surface area contributed by atoms with Crippen LogP contribution in [0.3, 0.4) is 0 Å². The molecule has 0 saturated heterocycles. The van der Waals surface area contributed by atoms with Crippen LogP contribution in [0.25, 0.3) is 0 Å². The molecule has 0 aliphatic rings. The lowest BCUT2D eigenvalue weighted by molar-refractivity contribution is -0.385. The Hall–Kier alpha value is -2.31. The van der Waals surface area contributed by atoms with Crippen molar-refractivity contribution >= 4 is 11.5 Å². The molecule has 0 aliphatic carbocycles. The third kappa shape index (κ3) is 5.29. The van der Waals surface area contributed by atoms with Crippen molar-refractivity contribution < 1.29 is 14.9 Å². The number of nitro benzene ring substituents is 1. The van der Waals surface area contributed by atoms with E-state index in [1.54, 1.807) is 0 Å². The topological polar surface area (TPSA) is 111 Å². The molecule has 0 unspecified atom stereocenters. The number of nitrogens with zero attached hydrogens (tertiary/aromatic N) is 2. The van der Waals surface area contributed by atoms with Gasteiger partial charge >= 0.3 is 5.69 Å². The normalized spacial score (nSPS) is 11.4. The van der Waals surface area contributed by atoms with Gasteiger partial charge in [-0.2, -0.15) is 0 Å². The summed E-state index contributed by atoms with van der Waals surface area (Å²) in [5.41, 5.74) is 5.51. The van der Waals surface area contributed by atoms with Crippen LogP contribution < -0.4 is 10.5 Å². The Labute approximate surface area is 123 Å². The summed E-state index contributed by atoms with van der Waals surface area (Å²) in [5, 5.41) is 22.5. The lowest BCUT2D eigenvalue weighted by Crippen LogP contribution is -2.13. The first-order chi connectivity index (χ1) is 10.1. The van der Waals surface area contributed by atoms with Crippen molar-refractivity contribution in [3.05, 3.63) is 33.9 Å². The molecule has 3 N–H and O–H groups in total. The van der Waals surface area contributed by atoms with Gasteiger partial charge in [0.25, 0.3) is 0 Å².